The predicted molar refractivity (Wildman–Crippen MR) is 64.5 cm³/mol. The summed E-state index contributed by atoms with van der Waals surface area (Å²) in [5.41, 5.74) is 0.454. The van der Waals surface area contributed by atoms with E-state index in [4.69, 9.17) is 9.84 Å². The van der Waals surface area contributed by atoms with Gasteiger partial charge in [0, 0.05) is 25.3 Å². The molecule has 0 bridgehead atoms. The van der Waals surface area contributed by atoms with Gasteiger partial charge in [-0.25, -0.2) is 4.79 Å². The van der Waals surface area contributed by atoms with Gasteiger partial charge in [0.05, 0.1) is 6.61 Å². The minimum Gasteiger partial charge on any atom is -0.478 e. The van der Waals surface area contributed by atoms with Gasteiger partial charge in [-0.1, -0.05) is 26.8 Å². The summed E-state index contributed by atoms with van der Waals surface area (Å²) in [5, 5.41) is 11.9. The molecule has 0 spiro atoms. The van der Waals surface area contributed by atoms with Gasteiger partial charge in [-0.3, -0.25) is 0 Å². The zero-order valence-corrected chi connectivity index (χ0v) is 10.5. The van der Waals surface area contributed by atoms with E-state index in [1.165, 1.54) is 0 Å². The molecule has 0 aromatic carbocycles. The molecule has 0 fully saturated rings. The maximum atomic E-state index is 10.7. The Balaban J connectivity index is 3.48. The molecule has 0 saturated carbocycles. The van der Waals surface area contributed by atoms with E-state index in [1.807, 2.05) is 6.92 Å². The van der Waals surface area contributed by atoms with E-state index in [9.17, 15) is 4.79 Å². The van der Waals surface area contributed by atoms with Gasteiger partial charge in [0.1, 0.15) is 0 Å². The highest BCUT2D eigenvalue weighted by atomic mass is 16.5. The maximum absolute atomic E-state index is 10.7. The third-order valence-corrected chi connectivity index (χ3v) is 2.02. The van der Waals surface area contributed by atoms with Crippen LogP contribution in [0, 0.1) is 5.92 Å². The summed E-state index contributed by atoms with van der Waals surface area (Å²) in [6.07, 6.45) is 2.27. The van der Waals surface area contributed by atoms with Gasteiger partial charge in [-0.2, -0.15) is 0 Å². The molecule has 94 valence electrons. The van der Waals surface area contributed by atoms with Crippen LogP contribution in [-0.4, -0.2) is 37.4 Å². The fourth-order valence-electron chi connectivity index (χ4n) is 1.14. The Labute approximate surface area is 97.7 Å². The molecule has 0 aliphatic carbocycles. The van der Waals surface area contributed by atoms with Crippen LogP contribution in [0.3, 0.4) is 0 Å². The molecule has 0 aliphatic heterocycles. The molecule has 0 saturated heterocycles. The van der Waals surface area contributed by atoms with Gasteiger partial charge in [-0.05, 0) is 12.3 Å². The zero-order valence-electron chi connectivity index (χ0n) is 10.5. The molecule has 0 aromatic heterocycles. The number of aliphatic carboxylic acids is 1. The lowest BCUT2D eigenvalue weighted by Crippen LogP contribution is -2.21. The van der Waals surface area contributed by atoms with Gasteiger partial charge in [-0.15, -0.1) is 0 Å². The average molecular weight is 229 g/mol. The fourth-order valence-corrected chi connectivity index (χ4v) is 1.14. The number of nitrogens with one attached hydrogen (secondary N) is 1. The molecule has 4 heteroatoms. The van der Waals surface area contributed by atoms with Crippen molar-refractivity contribution in [2.24, 2.45) is 5.92 Å². The van der Waals surface area contributed by atoms with Crippen LogP contribution in [0.5, 0.6) is 0 Å². The lowest BCUT2D eigenvalue weighted by Gasteiger charge is -2.07. The van der Waals surface area contributed by atoms with Crippen LogP contribution in [0.4, 0.5) is 0 Å². The SMILES string of the molecule is CCC(=CCNCCOCC(C)C)C(=O)O. The second kappa shape index (κ2) is 9.36. The number of hydrogen-bond donors (Lipinski definition) is 2. The van der Waals surface area contributed by atoms with E-state index in [1.54, 1.807) is 6.08 Å². The van der Waals surface area contributed by atoms with Crippen molar-refractivity contribution in [1.82, 2.24) is 5.32 Å². The van der Waals surface area contributed by atoms with Crippen LogP contribution >= 0.6 is 0 Å². The van der Waals surface area contributed by atoms with Gasteiger partial charge in [0.25, 0.3) is 0 Å². The van der Waals surface area contributed by atoms with Gasteiger partial charge in [0.2, 0.25) is 0 Å². The molecule has 2 N–H and O–H groups in total. The van der Waals surface area contributed by atoms with E-state index in [0.717, 1.165) is 13.2 Å². The molecule has 0 atom stereocenters. The lowest BCUT2D eigenvalue weighted by molar-refractivity contribution is -0.132. The van der Waals surface area contributed by atoms with Crippen LogP contribution in [0.1, 0.15) is 27.2 Å². The van der Waals surface area contributed by atoms with E-state index >= 15 is 0 Å². The van der Waals surface area contributed by atoms with Gasteiger partial charge in [0.15, 0.2) is 0 Å². The Bertz CT molecular complexity index is 224. The second-order valence-electron chi connectivity index (χ2n) is 4.06. The molecular formula is C12H23NO3. The maximum Gasteiger partial charge on any atom is 0.331 e. The van der Waals surface area contributed by atoms with E-state index in [0.29, 0.717) is 31.1 Å². The smallest absolute Gasteiger partial charge is 0.331 e. The summed E-state index contributed by atoms with van der Waals surface area (Å²) >= 11 is 0. The summed E-state index contributed by atoms with van der Waals surface area (Å²) in [6, 6.07) is 0. The number of hydrogen-bond acceptors (Lipinski definition) is 3. The van der Waals surface area contributed by atoms with Crippen molar-refractivity contribution in [2.45, 2.75) is 27.2 Å². The largest absolute Gasteiger partial charge is 0.478 e. The van der Waals surface area contributed by atoms with E-state index < -0.39 is 5.97 Å². The summed E-state index contributed by atoms with van der Waals surface area (Å²) in [4.78, 5) is 10.7. The van der Waals surface area contributed by atoms with Crippen LogP contribution < -0.4 is 5.32 Å². The lowest BCUT2D eigenvalue weighted by atomic mass is 10.2. The molecular weight excluding hydrogens is 206 g/mol. The monoisotopic (exact) mass is 229 g/mol. The minimum atomic E-state index is -0.833. The van der Waals surface area contributed by atoms with Gasteiger partial charge < -0.3 is 15.2 Å². The average Bonchev–Trinajstić information content (AvgIpc) is 2.21. The first kappa shape index (κ1) is 15.1. The minimum absolute atomic E-state index is 0.454. The summed E-state index contributed by atoms with van der Waals surface area (Å²) in [5.74, 6) is -0.279. The summed E-state index contributed by atoms with van der Waals surface area (Å²) < 4.78 is 5.38. The van der Waals surface area contributed by atoms with Gasteiger partial charge >= 0.3 is 5.97 Å². The van der Waals surface area contributed by atoms with Crippen molar-refractivity contribution < 1.29 is 14.6 Å². The standard InChI is InChI=1S/C12H23NO3/c1-4-11(12(14)15)5-6-13-7-8-16-9-10(2)3/h5,10,13H,4,6-9H2,1-3H3,(H,14,15). The van der Waals surface area contributed by atoms with Crippen LogP contribution in [0.2, 0.25) is 0 Å². The quantitative estimate of drug-likeness (QED) is 0.466. The number of carboxylic acid groups (broad SMARTS) is 1. The van der Waals surface area contributed by atoms with Crippen LogP contribution in [-0.2, 0) is 9.53 Å². The Morgan fingerprint density at radius 3 is 2.69 bits per heavy atom. The Morgan fingerprint density at radius 1 is 1.50 bits per heavy atom. The molecule has 0 rings (SSSR count). The van der Waals surface area contributed by atoms with Crippen molar-refractivity contribution in [2.75, 3.05) is 26.3 Å². The summed E-state index contributed by atoms with van der Waals surface area (Å²) in [7, 11) is 0. The number of rotatable bonds is 9. The third-order valence-electron chi connectivity index (χ3n) is 2.02. The number of carbonyl (C=O) groups is 1. The second-order valence-corrected chi connectivity index (χ2v) is 4.06. The Kier molecular flexibility index (Phi) is 8.85. The highest BCUT2D eigenvalue weighted by Crippen LogP contribution is 1.98. The molecule has 0 amide bonds. The van der Waals surface area contributed by atoms with Crippen molar-refractivity contribution in [3.8, 4) is 0 Å². The van der Waals surface area contributed by atoms with Crippen molar-refractivity contribution in [3.05, 3.63) is 11.6 Å². The van der Waals surface area contributed by atoms with Crippen molar-refractivity contribution >= 4 is 5.97 Å². The molecule has 0 aliphatic rings. The first-order chi connectivity index (χ1) is 7.57. The van der Waals surface area contributed by atoms with E-state index in [2.05, 4.69) is 19.2 Å². The molecule has 16 heavy (non-hydrogen) atoms. The zero-order chi connectivity index (χ0) is 12.4. The molecule has 0 aromatic rings. The molecule has 4 nitrogen and oxygen atoms in total. The van der Waals surface area contributed by atoms with Crippen molar-refractivity contribution in [1.29, 1.82) is 0 Å². The normalized spacial score (nSPS) is 12.1. The Hall–Kier alpha value is -0.870. The first-order valence-electron chi connectivity index (χ1n) is 5.78. The highest BCUT2D eigenvalue weighted by molar-refractivity contribution is 5.86. The number of carboxylic acids is 1. The fraction of sp³-hybridized carbons (Fsp3) is 0.750. The topological polar surface area (TPSA) is 58.6 Å². The molecule has 0 heterocycles. The molecule has 0 radical (unpaired) electrons. The van der Waals surface area contributed by atoms with Crippen LogP contribution in [0.15, 0.2) is 11.6 Å². The Morgan fingerprint density at radius 2 is 2.19 bits per heavy atom. The van der Waals surface area contributed by atoms with Crippen molar-refractivity contribution in [3.63, 3.8) is 0 Å². The van der Waals surface area contributed by atoms with Crippen LogP contribution in [0.25, 0.3) is 0 Å². The molecule has 0 unspecified atom stereocenters. The van der Waals surface area contributed by atoms with E-state index in [-0.39, 0.29) is 0 Å². The highest BCUT2D eigenvalue weighted by Gasteiger charge is 2.02. The predicted octanol–water partition coefficient (Wildman–Crippen LogP) is 1.67. The third kappa shape index (κ3) is 8.44. The summed E-state index contributed by atoms with van der Waals surface area (Å²) in [6.45, 7) is 8.83. The first-order valence-corrected chi connectivity index (χ1v) is 5.78. The number of ether oxygens (including phenoxy) is 1.